The molecule has 0 saturated heterocycles. The first kappa shape index (κ1) is 15.4. The van der Waals surface area contributed by atoms with Gasteiger partial charge in [-0.15, -0.1) is 0 Å². The molecular weight excluding hydrogens is 288 g/mol. The van der Waals surface area contributed by atoms with E-state index >= 15 is 0 Å². The zero-order valence-electron chi connectivity index (χ0n) is 11.5. The lowest BCUT2D eigenvalue weighted by Crippen LogP contribution is -2.26. The molecule has 0 aliphatic carbocycles. The first-order valence-electron chi connectivity index (χ1n) is 6.66. The quantitative estimate of drug-likeness (QED) is 0.769. The van der Waals surface area contributed by atoms with E-state index in [2.05, 4.69) is 10.6 Å². The summed E-state index contributed by atoms with van der Waals surface area (Å²) in [6.07, 6.45) is 0. The molecule has 0 unspecified atom stereocenters. The summed E-state index contributed by atoms with van der Waals surface area (Å²) < 4.78 is 0. The number of rotatable bonds is 6. The maximum Gasteiger partial charge on any atom is 0.251 e. The minimum atomic E-state index is -0.195. The Kier molecular flexibility index (Phi) is 5.60. The summed E-state index contributed by atoms with van der Waals surface area (Å²) >= 11 is 5.84. The van der Waals surface area contributed by atoms with Crippen LogP contribution < -0.4 is 10.6 Å². The Bertz CT molecular complexity index is 599. The average Bonchev–Trinajstić information content (AvgIpc) is 2.52. The first-order chi connectivity index (χ1) is 10.2. The fraction of sp³-hybridized carbons (Fsp3) is 0.188. The van der Waals surface area contributed by atoms with Gasteiger partial charge in [0, 0.05) is 29.4 Å². The molecular formula is C16H17ClN2O2. The summed E-state index contributed by atoms with van der Waals surface area (Å²) in [7, 11) is 0. The minimum absolute atomic E-state index is 0.0692. The number of anilines is 1. The summed E-state index contributed by atoms with van der Waals surface area (Å²) in [5, 5.41) is 15.3. The van der Waals surface area contributed by atoms with E-state index in [1.165, 1.54) is 0 Å². The third-order valence-electron chi connectivity index (χ3n) is 2.93. The number of hydrogen-bond acceptors (Lipinski definition) is 3. The maximum atomic E-state index is 11.8. The van der Waals surface area contributed by atoms with E-state index in [9.17, 15) is 4.79 Å². The van der Waals surface area contributed by atoms with Crippen molar-refractivity contribution in [2.75, 3.05) is 18.5 Å². The molecule has 0 atom stereocenters. The highest BCUT2D eigenvalue weighted by Crippen LogP contribution is 2.14. The lowest BCUT2D eigenvalue weighted by Gasteiger charge is -2.09. The van der Waals surface area contributed by atoms with Crippen molar-refractivity contribution in [3.63, 3.8) is 0 Å². The summed E-state index contributed by atoms with van der Waals surface area (Å²) in [6.45, 7) is 0.834. The van der Waals surface area contributed by atoms with E-state index in [1.54, 1.807) is 12.1 Å². The molecule has 0 bridgehead atoms. The monoisotopic (exact) mass is 304 g/mol. The Morgan fingerprint density at radius 1 is 1.14 bits per heavy atom. The van der Waals surface area contributed by atoms with Crippen LogP contribution in [0, 0.1) is 0 Å². The molecule has 4 nitrogen and oxygen atoms in total. The zero-order valence-corrected chi connectivity index (χ0v) is 12.2. The van der Waals surface area contributed by atoms with Crippen molar-refractivity contribution < 1.29 is 9.90 Å². The van der Waals surface area contributed by atoms with Crippen LogP contribution in [0.4, 0.5) is 5.69 Å². The predicted molar refractivity (Wildman–Crippen MR) is 84.6 cm³/mol. The van der Waals surface area contributed by atoms with Crippen LogP contribution in [0.3, 0.4) is 0 Å². The smallest absolute Gasteiger partial charge is 0.251 e. The van der Waals surface area contributed by atoms with E-state index in [0.29, 0.717) is 17.1 Å². The van der Waals surface area contributed by atoms with E-state index in [1.807, 2.05) is 36.4 Å². The summed E-state index contributed by atoms with van der Waals surface area (Å²) in [5.41, 5.74) is 2.53. The number of aliphatic hydroxyl groups excluding tert-OH is 1. The fourth-order valence-corrected chi connectivity index (χ4v) is 1.97. The van der Waals surface area contributed by atoms with Gasteiger partial charge >= 0.3 is 0 Å². The Hall–Kier alpha value is -2.04. The molecule has 0 spiro atoms. The third-order valence-corrected chi connectivity index (χ3v) is 3.18. The van der Waals surface area contributed by atoms with Gasteiger partial charge in [-0.25, -0.2) is 0 Å². The molecule has 0 aliphatic heterocycles. The van der Waals surface area contributed by atoms with Crippen LogP contribution in [0.2, 0.25) is 5.02 Å². The molecule has 0 heterocycles. The van der Waals surface area contributed by atoms with E-state index in [0.717, 1.165) is 11.3 Å². The normalized spacial score (nSPS) is 10.2. The van der Waals surface area contributed by atoms with Gasteiger partial charge < -0.3 is 15.7 Å². The summed E-state index contributed by atoms with van der Waals surface area (Å²) in [6, 6.07) is 14.8. The summed E-state index contributed by atoms with van der Waals surface area (Å²) in [4.78, 5) is 11.8. The second-order valence-corrected chi connectivity index (χ2v) is 4.98. The lowest BCUT2D eigenvalue weighted by molar-refractivity contribution is 0.0945. The van der Waals surface area contributed by atoms with Crippen LogP contribution in [0.1, 0.15) is 15.9 Å². The SMILES string of the molecule is O=C(NCCO)c1cccc(NCc2ccc(Cl)cc2)c1. The number of halogens is 1. The van der Waals surface area contributed by atoms with Gasteiger partial charge in [-0.05, 0) is 35.9 Å². The Balaban J connectivity index is 1.97. The van der Waals surface area contributed by atoms with Crippen LogP contribution in [0.25, 0.3) is 0 Å². The highest BCUT2D eigenvalue weighted by Gasteiger charge is 2.05. The molecule has 2 aromatic carbocycles. The van der Waals surface area contributed by atoms with Gasteiger partial charge in [0.05, 0.1) is 6.61 Å². The highest BCUT2D eigenvalue weighted by atomic mass is 35.5. The Labute approximate surface area is 128 Å². The highest BCUT2D eigenvalue weighted by molar-refractivity contribution is 6.30. The second kappa shape index (κ2) is 7.67. The van der Waals surface area contributed by atoms with Gasteiger partial charge in [0.2, 0.25) is 0 Å². The van der Waals surface area contributed by atoms with E-state index in [4.69, 9.17) is 16.7 Å². The molecule has 0 saturated carbocycles. The number of amides is 1. The van der Waals surface area contributed by atoms with Crippen molar-refractivity contribution in [2.45, 2.75) is 6.54 Å². The van der Waals surface area contributed by atoms with E-state index < -0.39 is 0 Å². The van der Waals surface area contributed by atoms with Gasteiger partial charge in [0.15, 0.2) is 0 Å². The molecule has 2 rings (SSSR count). The molecule has 110 valence electrons. The van der Waals surface area contributed by atoms with Gasteiger partial charge in [-0.2, -0.15) is 0 Å². The second-order valence-electron chi connectivity index (χ2n) is 4.54. The largest absolute Gasteiger partial charge is 0.395 e. The topological polar surface area (TPSA) is 61.4 Å². The van der Waals surface area contributed by atoms with Crippen molar-refractivity contribution in [2.24, 2.45) is 0 Å². The number of aliphatic hydroxyl groups is 1. The molecule has 1 amide bonds. The van der Waals surface area contributed by atoms with Crippen molar-refractivity contribution in [1.29, 1.82) is 0 Å². The maximum absolute atomic E-state index is 11.8. The number of benzene rings is 2. The number of carbonyl (C=O) groups is 1. The Morgan fingerprint density at radius 2 is 1.90 bits per heavy atom. The molecule has 0 fully saturated rings. The van der Waals surface area contributed by atoms with Gasteiger partial charge in [0.1, 0.15) is 0 Å². The van der Waals surface area contributed by atoms with Gasteiger partial charge in [0.25, 0.3) is 5.91 Å². The fourth-order valence-electron chi connectivity index (χ4n) is 1.85. The van der Waals surface area contributed by atoms with Crippen LogP contribution >= 0.6 is 11.6 Å². The number of nitrogens with one attached hydrogen (secondary N) is 2. The van der Waals surface area contributed by atoms with Crippen LogP contribution in [-0.4, -0.2) is 24.2 Å². The average molecular weight is 305 g/mol. The van der Waals surface area contributed by atoms with Crippen molar-refractivity contribution in [3.05, 3.63) is 64.7 Å². The molecule has 0 aromatic heterocycles. The third kappa shape index (κ3) is 4.77. The predicted octanol–water partition coefficient (Wildman–Crippen LogP) is 2.67. The number of carbonyl (C=O) groups excluding carboxylic acids is 1. The van der Waals surface area contributed by atoms with Gasteiger partial charge in [-0.1, -0.05) is 29.8 Å². The van der Waals surface area contributed by atoms with Crippen LogP contribution in [0.15, 0.2) is 48.5 Å². The molecule has 21 heavy (non-hydrogen) atoms. The minimum Gasteiger partial charge on any atom is -0.395 e. The molecule has 2 aromatic rings. The zero-order chi connectivity index (χ0) is 15.1. The Morgan fingerprint density at radius 3 is 2.62 bits per heavy atom. The molecule has 3 N–H and O–H groups in total. The van der Waals surface area contributed by atoms with E-state index in [-0.39, 0.29) is 19.1 Å². The van der Waals surface area contributed by atoms with Gasteiger partial charge in [-0.3, -0.25) is 4.79 Å². The molecule has 0 radical (unpaired) electrons. The van der Waals surface area contributed by atoms with Crippen molar-refractivity contribution in [3.8, 4) is 0 Å². The van der Waals surface area contributed by atoms with Crippen molar-refractivity contribution >= 4 is 23.2 Å². The van der Waals surface area contributed by atoms with Crippen LogP contribution in [-0.2, 0) is 6.54 Å². The molecule has 5 heteroatoms. The summed E-state index contributed by atoms with van der Waals surface area (Å²) in [5.74, 6) is -0.195. The van der Waals surface area contributed by atoms with Crippen LogP contribution in [0.5, 0.6) is 0 Å². The standard InChI is InChI=1S/C16H17ClN2O2/c17-14-6-4-12(5-7-14)11-19-15-3-1-2-13(10-15)16(21)18-8-9-20/h1-7,10,19-20H,8-9,11H2,(H,18,21). The first-order valence-corrected chi connectivity index (χ1v) is 7.04. The number of hydrogen-bond donors (Lipinski definition) is 3. The lowest BCUT2D eigenvalue weighted by atomic mass is 10.1. The molecule has 0 aliphatic rings. The van der Waals surface area contributed by atoms with Crippen molar-refractivity contribution in [1.82, 2.24) is 5.32 Å².